The van der Waals surface area contributed by atoms with Gasteiger partial charge in [-0.3, -0.25) is 9.59 Å². The van der Waals surface area contributed by atoms with Gasteiger partial charge in [0.05, 0.1) is 6.04 Å². The summed E-state index contributed by atoms with van der Waals surface area (Å²) in [5, 5.41) is 12.7. The molecule has 1 aromatic rings. The van der Waals surface area contributed by atoms with Crippen LogP contribution in [0.15, 0.2) is 24.3 Å². The standard InChI is InChI=1S/C14H17N3O3/c18-12-3-1-2-10(6-12)8-16-9-11-7-15-4-5-17(11)14(20)13(16)19/h1-3,6,11,15,18H,4-5,7-9H2. The van der Waals surface area contributed by atoms with Crippen LogP contribution in [0.4, 0.5) is 0 Å². The molecule has 2 saturated heterocycles. The Kier molecular flexibility index (Phi) is 3.31. The van der Waals surface area contributed by atoms with Crippen molar-refractivity contribution >= 4 is 11.8 Å². The van der Waals surface area contributed by atoms with Crippen molar-refractivity contribution in [3.8, 4) is 5.75 Å². The highest BCUT2D eigenvalue weighted by Gasteiger charge is 2.39. The molecule has 20 heavy (non-hydrogen) atoms. The number of carbonyl (C=O) groups excluding carboxylic acids is 2. The Morgan fingerprint density at radius 1 is 1.30 bits per heavy atom. The monoisotopic (exact) mass is 275 g/mol. The third kappa shape index (κ3) is 2.34. The van der Waals surface area contributed by atoms with Crippen molar-refractivity contribution in [3.63, 3.8) is 0 Å². The molecule has 2 fully saturated rings. The molecule has 0 radical (unpaired) electrons. The van der Waals surface area contributed by atoms with Crippen LogP contribution in [-0.2, 0) is 16.1 Å². The number of rotatable bonds is 2. The normalized spacial score (nSPS) is 22.9. The maximum Gasteiger partial charge on any atom is 0.312 e. The van der Waals surface area contributed by atoms with Gasteiger partial charge in [-0.25, -0.2) is 0 Å². The molecule has 3 rings (SSSR count). The largest absolute Gasteiger partial charge is 0.508 e. The molecule has 0 spiro atoms. The van der Waals surface area contributed by atoms with Crippen LogP contribution in [0.1, 0.15) is 5.56 Å². The molecule has 2 amide bonds. The lowest BCUT2D eigenvalue weighted by Gasteiger charge is -2.43. The number of hydrogen-bond donors (Lipinski definition) is 2. The molecule has 0 bridgehead atoms. The molecule has 106 valence electrons. The Balaban J connectivity index is 1.76. The predicted octanol–water partition coefficient (Wildman–Crippen LogP) is -0.465. The van der Waals surface area contributed by atoms with Gasteiger partial charge in [0.15, 0.2) is 0 Å². The Morgan fingerprint density at radius 3 is 2.95 bits per heavy atom. The molecule has 1 aromatic carbocycles. The third-order valence-electron chi connectivity index (χ3n) is 3.80. The van der Waals surface area contributed by atoms with E-state index in [9.17, 15) is 14.7 Å². The summed E-state index contributed by atoms with van der Waals surface area (Å²) in [6.07, 6.45) is 0. The molecule has 6 heteroatoms. The van der Waals surface area contributed by atoms with E-state index in [1.165, 1.54) is 0 Å². The van der Waals surface area contributed by atoms with E-state index in [2.05, 4.69) is 5.32 Å². The highest BCUT2D eigenvalue weighted by atomic mass is 16.3. The van der Waals surface area contributed by atoms with Gasteiger partial charge in [0.1, 0.15) is 5.75 Å². The maximum atomic E-state index is 12.1. The van der Waals surface area contributed by atoms with Crippen LogP contribution >= 0.6 is 0 Å². The second kappa shape index (κ2) is 5.13. The van der Waals surface area contributed by atoms with Crippen LogP contribution in [0.2, 0.25) is 0 Å². The fourth-order valence-electron chi connectivity index (χ4n) is 2.80. The Hall–Kier alpha value is -2.08. The van der Waals surface area contributed by atoms with Gasteiger partial charge in [0, 0.05) is 32.7 Å². The molecule has 2 N–H and O–H groups in total. The van der Waals surface area contributed by atoms with Crippen molar-refractivity contribution in [2.45, 2.75) is 12.6 Å². The lowest BCUT2D eigenvalue weighted by molar-refractivity contribution is -0.160. The number of amides is 2. The van der Waals surface area contributed by atoms with Crippen LogP contribution in [0.25, 0.3) is 0 Å². The molecule has 1 unspecified atom stereocenters. The first-order valence-electron chi connectivity index (χ1n) is 6.73. The molecular formula is C14H17N3O3. The van der Waals surface area contributed by atoms with Crippen LogP contribution in [0.5, 0.6) is 5.75 Å². The van der Waals surface area contributed by atoms with E-state index in [1.54, 1.807) is 28.0 Å². The van der Waals surface area contributed by atoms with Crippen LogP contribution in [0, 0.1) is 0 Å². The van der Waals surface area contributed by atoms with Gasteiger partial charge in [0.2, 0.25) is 0 Å². The molecule has 6 nitrogen and oxygen atoms in total. The second-order valence-corrected chi connectivity index (χ2v) is 5.21. The number of aromatic hydroxyl groups is 1. The summed E-state index contributed by atoms with van der Waals surface area (Å²) in [6, 6.07) is 6.81. The van der Waals surface area contributed by atoms with Crippen molar-refractivity contribution in [2.24, 2.45) is 0 Å². The predicted molar refractivity (Wildman–Crippen MR) is 71.9 cm³/mol. The van der Waals surface area contributed by atoms with Gasteiger partial charge in [-0.2, -0.15) is 0 Å². The zero-order valence-electron chi connectivity index (χ0n) is 11.1. The van der Waals surface area contributed by atoms with Crippen LogP contribution in [-0.4, -0.2) is 58.9 Å². The first-order chi connectivity index (χ1) is 9.65. The number of hydrogen-bond acceptors (Lipinski definition) is 4. The first kappa shape index (κ1) is 12.9. The van der Waals surface area contributed by atoms with Gasteiger partial charge in [-0.1, -0.05) is 12.1 Å². The lowest BCUT2D eigenvalue weighted by Crippen LogP contribution is -2.65. The van der Waals surface area contributed by atoms with Gasteiger partial charge < -0.3 is 20.2 Å². The summed E-state index contributed by atoms with van der Waals surface area (Å²) in [5.74, 6) is -0.700. The van der Waals surface area contributed by atoms with Crippen molar-refractivity contribution in [2.75, 3.05) is 26.2 Å². The summed E-state index contributed by atoms with van der Waals surface area (Å²) < 4.78 is 0. The summed E-state index contributed by atoms with van der Waals surface area (Å²) in [7, 11) is 0. The second-order valence-electron chi connectivity index (χ2n) is 5.21. The highest BCUT2D eigenvalue weighted by Crippen LogP contribution is 2.18. The van der Waals surface area contributed by atoms with Crippen molar-refractivity contribution in [1.82, 2.24) is 15.1 Å². The average Bonchev–Trinajstić information content (AvgIpc) is 2.45. The van der Waals surface area contributed by atoms with Crippen LogP contribution in [0.3, 0.4) is 0 Å². The Bertz CT molecular complexity index is 546. The quantitative estimate of drug-likeness (QED) is 0.716. The number of nitrogens with one attached hydrogen (secondary N) is 1. The van der Waals surface area contributed by atoms with E-state index < -0.39 is 11.8 Å². The van der Waals surface area contributed by atoms with Crippen molar-refractivity contribution in [3.05, 3.63) is 29.8 Å². The van der Waals surface area contributed by atoms with Crippen molar-refractivity contribution < 1.29 is 14.7 Å². The van der Waals surface area contributed by atoms with Gasteiger partial charge in [-0.15, -0.1) is 0 Å². The Morgan fingerprint density at radius 2 is 2.15 bits per heavy atom. The van der Waals surface area contributed by atoms with E-state index in [0.29, 0.717) is 19.6 Å². The Labute approximate surface area is 117 Å². The molecule has 2 aliphatic rings. The molecule has 0 aromatic heterocycles. The molecule has 2 aliphatic heterocycles. The molecule has 0 saturated carbocycles. The summed E-state index contributed by atoms with van der Waals surface area (Å²) in [4.78, 5) is 27.4. The average molecular weight is 275 g/mol. The highest BCUT2D eigenvalue weighted by molar-refractivity contribution is 6.35. The van der Waals surface area contributed by atoms with E-state index >= 15 is 0 Å². The topological polar surface area (TPSA) is 72.9 Å². The maximum absolute atomic E-state index is 12.1. The zero-order valence-corrected chi connectivity index (χ0v) is 11.1. The van der Waals surface area contributed by atoms with Crippen molar-refractivity contribution in [1.29, 1.82) is 0 Å². The molecule has 2 heterocycles. The summed E-state index contributed by atoms with van der Waals surface area (Å²) >= 11 is 0. The minimum absolute atomic E-state index is 0.0475. The van der Waals surface area contributed by atoms with E-state index in [0.717, 1.165) is 18.7 Å². The number of fused-ring (bicyclic) bond motifs is 1. The SMILES string of the molecule is O=C1C(=O)N2CCNCC2CN1Cc1cccc(O)c1. The fraction of sp³-hybridized carbons (Fsp3) is 0.429. The third-order valence-corrected chi connectivity index (χ3v) is 3.80. The number of nitrogens with zero attached hydrogens (tertiary/aromatic N) is 2. The smallest absolute Gasteiger partial charge is 0.312 e. The minimum Gasteiger partial charge on any atom is -0.508 e. The summed E-state index contributed by atoms with van der Waals surface area (Å²) in [6.45, 7) is 2.93. The first-order valence-corrected chi connectivity index (χ1v) is 6.73. The van der Waals surface area contributed by atoms with Crippen LogP contribution < -0.4 is 5.32 Å². The number of benzene rings is 1. The van der Waals surface area contributed by atoms with Gasteiger partial charge in [-0.05, 0) is 17.7 Å². The summed E-state index contributed by atoms with van der Waals surface area (Å²) in [5.41, 5.74) is 0.823. The zero-order chi connectivity index (χ0) is 14.1. The van der Waals surface area contributed by atoms with Gasteiger partial charge in [0.25, 0.3) is 0 Å². The fourth-order valence-corrected chi connectivity index (χ4v) is 2.80. The molecule has 1 atom stereocenters. The van der Waals surface area contributed by atoms with E-state index in [-0.39, 0.29) is 11.8 Å². The minimum atomic E-state index is -0.452. The van der Waals surface area contributed by atoms with Gasteiger partial charge >= 0.3 is 11.8 Å². The number of piperazine rings is 2. The number of carbonyl (C=O) groups is 2. The molecule has 0 aliphatic carbocycles. The van der Waals surface area contributed by atoms with E-state index in [1.807, 2.05) is 6.07 Å². The molecular weight excluding hydrogens is 258 g/mol. The number of phenolic OH excluding ortho intramolecular Hbond substituents is 1. The number of phenols is 1. The van der Waals surface area contributed by atoms with E-state index in [4.69, 9.17) is 0 Å². The lowest BCUT2D eigenvalue weighted by atomic mass is 10.1.